The molecule has 2 rings (SSSR count). The van der Waals surface area contributed by atoms with Gasteiger partial charge in [-0.05, 0) is 32.6 Å². The van der Waals surface area contributed by atoms with Gasteiger partial charge in [0.15, 0.2) is 4.21 Å². The maximum Gasteiger partial charge on any atom is 0.251 e. The lowest BCUT2D eigenvalue weighted by Crippen LogP contribution is -2.38. The Hall–Kier alpha value is -0.210. The lowest BCUT2D eigenvalue weighted by Gasteiger charge is -2.11. The average Bonchev–Trinajstić information content (AvgIpc) is 3.01. The number of hydrogen-bond acceptors (Lipinski definition) is 5. The first-order chi connectivity index (χ1) is 7.90. The highest BCUT2D eigenvalue weighted by molar-refractivity contribution is 7.91. The molecule has 1 saturated carbocycles. The minimum atomic E-state index is -3.44. The zero-order valence-corrected chi connectivity index (χ0v) is 12.8. The van der Waals surface area contributed by atoms with Crippen LogP contribution in [0.15, 0.2) is 4.21 Å². The van der Waals surface area contributed by atoms with Gasteiger partial charge >= 0.3 is 0 Å². The van der Waals surface area contributed by atoms with Crippen LogP contribution in [0.1, 0.15) is 23.5 Å². The molecule has 3 N–H and O–H groups in total. The van der Waals surface area contributed by atoms with Crippen LogP contribution in [0.4, 0.5) is 0 Å². The third-order valence-electron chi connectivity index (χ3n) is 2.84. The molecule has 5 nitrogen and oxygen atoms in total. The van der Waals surface area contributed by atoms with Gasteiger partial charge in [-0.3, -0.25) is 0 Å². The number of thiazole rings is 1. The molecule has 1 unspecified atom stereocenters. The molecule has 1 heterocycles. The molecule has 0 aliphatic heterocycles. The molecule has 8 heteroatoms. The predicted octanol–water partition coefficient (Wildman–Crippen LogP) is 1.20. The van der Waals surface area contributed by atoms with E-state index in [-0.39, 0.29) is 18.4 Å². The van der Waals surface area contributed by atoms with Crippen LogP contribution in [0.3, 0.4) is 0 Å². The maximum absolute atomic E-state index is 12.0. The molecular formula is C10H18ClN3O2S2. The number of rotatable bonds is 5. The molecule has 1 atom stereocenters. The lowest BCUT2D eigenvalue weighted by molar-refractivity contribution is 0.548. The van der Waals surface area contributed by atoms with E-state index in [0.29, 0.717) is 22.4 Å². The highest BCUT2D eigenvalue weighted by Gasteiger charge is 2.30. The summed E-state index contributed by atoms with van der Waals surface area (Å²) >= 11 is 1.19. The van der Waals surface area contributed by atoms with Gasteiger partial charge in [0.05, 0.1) is 10.7 Å². The SMILES string of the molecule is Cc1nc(C)c(S(=O)(=O)NCC(N)C2CC2)s1.Cl. The highest BCUT2D eigenvalue weighted by atomic mass is 35.5. The second-order valence-corrected chi connectivity index (χ2v) is 7.62. The fourth-order valence-corrected chi connectivity index (χ4v) is 4.32. The van der Waals surface area contributed by atoms with E-state index in [1.807, 2.05) is 0 Å². The summed E-state index contributed by atoms with van der Waals surface area (Å²) in [4.78, 5) is 4.12. The van der Waals surface area contributed by atoms with Crippen molar-refractivity contribution in [2.45, 2.75) is 36.9 Å². The molecule has 18 heavy (non-hydrogen) atoms. The van der Waals surface area contributed by atoms with Crippen LogP contribution in [0.2, 0.25) is 0 Å². The number of nitrogens with one attached hydrogen (secondary N) is 1. The van der Waals surface area contributed by atoms with Crippen LogP contribution in [0, 0.1) is 19.8 Å². The van der Waals surface area contributed by atoms with Gasteiger partial charge in [0.1, 0.15) is 0 Å². The van der Waals surface area contributed by atoms with Crippen molar-refractivity contribution in [3.05, 3.63) is 10.7 Å². The summed E-state index contributed by atoms with van der Waals surface area (Å²) in [5.41, 5.74) is 6.42. The molecule has 1 aromatic rings. The van der Waals surface area contributed by atoms with Crippen molar-refractivity contribution >= 4 is 33.8 Å². The van der Waals surface area contributed by atoms with E-state index in [9.17, 15) is 8.42 Å². The Bertz CT molecular complexity index is 511. The molecule has 1 aliphatic carbocycles. The first kappa shape index (κ1) is 15.8. The summed E-state index contributed by atoms with van der Waals surface area (Å²) in [5, 5.41) is 0.759. The number of nitrogens with zero attached hydrogens (tertiary/aromatic N) is 1. The molecule has 1 fully saturated rings. The Morgan fingerprint density at radius 3 is 2.56 bits per heavy atom. The van der Waals surface area contributed by atoms with Crippen LogP contribution < -0.4 is 10.5 Å². The van der Waals surface area contributed by atoms with Crippen molar-refractivity contribution < 1.29 is 8.42 Å². The fourth-order valence-electron chi connectivity index (χ4n) is 1.72. The third kappa shape index (κ3) is 3.64. The van der Waals surface area contributed by atoms with Gasteiger partial charge in [-0.2, -0.15) is 0 Å². The van der Waals surface area contributed by atoms with Gasteiger partial charge in [-0.25, -0.2) is 18.1 Å². The van der Waals surface area contributed by atoms with E-state index in [1.165, 1.54) is 11.3 Å². The van der Waals surface area contributed by atoms with Crippen molar-refractivity contribution in [1.29, 1.82) is 0 Å². The first-order valence-corrected chi connectivity index (χ1v) is 7.89. The number of sulfonamides is 1. The van der Waals surface area contributed by atoms with Crippen molar-refractivity contribution in [1.82, 2.24) is 9.71 Å². The Kier molecular flexibility index (Phi) is 5.13. The summed E-state index contributed by atoms with van der Waals surface area (Å²) in [6.45, 7) is 3.81. The fraction of sp³-hybridized carbons (Fsp3) is 0.700. The number of nitrogens with two attached hydrogens (primary N) is 1. The summed E-state index contributed by atoms with van der Waals surface area (Å²) in [7, 11) is -3.44. The smallest absolute Gasteiger partial charge is 0.251 e. The van der Waals surface area contributed by atoms with E-state index in [2.05, 4.69) is 9.71 Å². The minimum absolute atomic E-state index is 0. The van der Waals surface area contributed by atoms with E-state index < -0.39 is 10.0 Å². The topological polar surface area (TPSA) is 85.1 Å². The van der Waals surface area contributed by atoms with Gasteiger partial charge in [0.25, 0.3) is 10.0 Å². The van der Waals surface area contributed by atoms with Crippen LogP contribution in [0.25, 0.3) is 0 Å². The van der Waals surface area contributed by atoms with E-state index in [4.69, 9.17) is 5.73 Å². The van der Waals surface area contributed by atoms with E-state index in [0.717, 1.165) is 17.8 Å². The number of aryl methyl sites for hydroxylation is 2. The molecule has 0 aromatic carbocycles. The molecule has 0 amide bonds. The largest absolute Gasteiger partial charge is 0.326 e. The zero-order valence-electron chi connectivity index (χ0n) is 10.3. The van der Waals surface area contributed by atoms with Crippen LogP contribution in [-0.2, 0) is 10.0 Å². The van der Waals surface area contributed by atoms with Gasteiger partial charge in [0, 0.05) is 12.6 Å². The molecule has 0 bridgehead atoms. The Labute approximate surface area is 118 Å². The molecule has 0 saturated heterocycles. The van der Waals surface area contributed by atoms with Crippen LogP contribution in [-0.4, -0.2) is 26.0 Å². The number of hydrogen-bond donors (Lipinski definition) is 2. The van der Waals surface area contributed by atoms with Crippen molar-refractivity contribution in [2.75, 3.05) is 6.54 Å². The Morgan fingerprint density at radius 1 is 1.50 bits per heavy atom. The third-order valence-corrected chi connectivity index (χ3v) is 5.95. The normalized spacial score (nSPS) is 17.3. The van der Waals surface area contributed by atoms with Crippen LogP contribution in [0.5, 0.6) is 0 Å². The standard InChI is InChI=1S/C10H17N3O2S2.ClH/c1-6-10(16-7(2)13-6)17(14,15)12-5-9(11)8-3-4-8;/h8-9,12H,3-5,11H2,1-2H3;1H. The quantitative estimate of drug-likeness (QED) is 0.855. The van der Waals surface area contributed by atoms with Crippen molar-refractivity contribution in [3.8, 4) is 0 Å². The summed E-state index contributed by atoms with van der Waals surface area (Å²) in [5.74, 6) is 0.488. The average molecular weight is 312 g/mol. The Morgan fingerprint density at radius 2 is 2.11 bits per heavy atom. The van der Waals surface area contributed by atoms with E-state index in [1.54, 1.807) is 13.8 Å². The van der Waals surface area contributed by atoms with Gasteiger partial charge in [0.2, 0.25) is 0 Å². The molecule has 0 radical (unpaired) electrons. The minimum Gasteiger partial charge on any atom is -0.326 e. The van der Waals surface area contributed by atoms with Gasteiger partial charge in [-0.1, -0.05) is 0 Å². The van der Waals surface area contributed by atoms with Gasteiger partial charge < -0.3 is 5.73 Å². The van der Waals surface area contributed by atoms with Crippen molar-refractivity contribution in [3.63, 3.8) is 0 Å². The lowest BCUT2D eigenvalue weighted by atomic mass is 10.2. The molecular weight excluding hydrogens is 294 g/mol. The predicted molar refractivity (Wildman–Crippen MR) is 74.7 cm³/mol. The van der Waals surface area contributed by atoms with E-state index >= 15 is 0 Å². The summed E-state index contributed by atoms with van der Waals surface area (Å²) in [6.07, 6.45) is 2.23. The zero-order chi connectivity index (χ0) is 12.6. The monoisotopic (exact) mass is 311 g/mol. The summed E-state index contributed by atoms with van der Waals surface area (Å²) < 4.78 is 26.9. The van der Waals surface area contributed by atoms with Gasteiger partial charge in [-0.15, -0.1) is 23.7 Å². The summed E-state index contributed by atoms with van der Waals surface area (Å²) in [6, 6.07) is -0.0703. The Balaban J connectivity index is 0.00000162. The number of aromatic nitrogens is 1. The molecule has 0 spiro atoms. The second kappa shape index (κ2) is 5.83. The molecule has 104 valence electrons. The number of halogens is 1. The molecule has 1 aliphatic rings. The van der Waals surface area contributed by atoms with Crippen molar-refractivity contribution in [2.24, 2.45) is 11.7 Å². The second-order valence-electron chi connectivity index (χ2n) is 4.46. The first-order valence-electron chi connectivity index (χ1n) is 5.59. The molecule has 1 aromatic heterocycles. The maximum atomic E-state index is 12.0. The highest BCUT2D eigenvalue weighted by Crippen LogP contribution is 2.31. The van der Waals surface area contributed by atoms with Crippen LogP contribution >= 0.6 is 23.7 Å².